The van der Waals surface area contributed by atoms with Gasteiger partial charge in [0, 0.05) is 11.6 Å². The smallest absolute Gasteiger partial charge is 0.0451 e. The molecule has 9 heavy (non-hydrogen) atoms. The minimum Gasteiger partial charge on any atom is -0.326 e. The molecule has 0 amide bonds. The lowest BCUT2D eigenvalue weighted by atomic mass is 10.2. The Morgan fingerprint density at radius 1 is 1.67 bits per heavy atom. The van der Waals surface area contributed by atoms with Crippen molar-refractivity contribution in [3.05, 3.63) is 34.9 Å². The number of hydrogen-bond donors (Lipinski definition) is 1. The lowest BCUT2D eigenvalue weighted by Crippen LogP contribution is -1.95. The maximum atomic E-state index is 5.72. The molecule has 0 bridgehead atoms. The quantitative estimate of drug-likeness (QED) is 0.630. The minimum absolute atomic E-state index is 0.482. The molecule has 0 aromatic heterocycles. The van der Waals surface area contributed by atoms with E-state index in [1.54, 1.807) is 18.2 Å². The monoisotopic (exact) mass is 140 g/mol. The molecule has 2 heteroatoms. The van der Waals surface area contributed by atoms with Crippen LogP contribution in [0.4, 0.5) is 0 Å². The highest BCUT2D eigenvalue weighted by atomic mass is 35.5. The predicted octanol–water partition coefficient (Wildman–Crippen LogP) is 1.60. The molecule has 0 fully saturated rings. The highest BCUT2D eigenvalue weighted by Gasteiger charge is 1.92. The Hall–Kier alpha value is -0.530. The molecule has 0 aliphatic carbocycles. The van der Waals surface area contributed by atoms with Crippen LogP contribution in [0.1, 0.15) is 5.56 Å². The molecule has 47 valence electrons. The van der Waals surface area contributed by atoms with Crippen LogP contribution in [-0.4, -0.2) is 0 Å². The van der Waals surface area contributed by atoms with Gasteiger partial charge >= 0.3 is 0 Å². The molecule has 1 nitrogen and oxygen atoms in total. The lowest BCUT2D eigenvalue weighted by Gasteiger charge is -1.95. The third kappa shape index (κ3) is 1.44. The van der Waals surface area contributed by atoms with Crippen LogP contribution in [0.3, 0.4) is 0 Å². The van der Waals surface area contributed by atoms with Crippen LogP contribution in [0, 0.1) is 6.07 Å². The van der Waals surface area contributed by atoms with Crippen LogP contribution in [0.15, 0.2) is 18.2 Å². The first-order valence-corrected chi connectivity index (χ1v) is 3.07. The number of nitrogens with two attached hydrogens (primary N) is 1. The van der Waals surface area contributed by atoms with Crippen molar-refractivity contribution in [3.63, 3.8) is 0 Å². The predicted molar refractivity (Wildman–Crippen MR) is 38.2 cm³/mol. The van der Waals surface area contributed by atoms with Crippen LogP contribution in [0.25, 0.3) is 0 Å². The normalized spacial score (nSPS) is 9.56. The topological polar surface area (TPSA) is 26.0 Å². The van der Waals surface area contributed by atoms with Gasteiger partial charge in [0.15, 0.2) is 0 Å². The van der Waals surface area contributed by atoms with Gasteiger partial charge in [-0.15, -0.1) is 0 Å². The molecule has 0 aliphatic rings. The van der Waals surface area contributed by atoms with Crippen LogP contribution >= 0.6 is 11.6 Å². The Labute approximate surface area is 59.4 Å². The molecule has 1 aromatic carbocycles. The fourth-order valence-electron chi connectivity index (χ4n) is 0.602. The molecule has 0 atom stereocenters. The zero-order chi connectivity index (χ0) is 6.69. The van der Waals surface area contributed by atoms with E-state index in [0.29, 0.717) is 6.54 Å². The molecule has 2 N–H and O–H groups in total. The Kier molecular flexibility index (Phi) is 2.09. The molecular weight excluding hydrogens is 134 g/mol. The van der Waals surface area contributed by atoms with E-state index in [1.807, 2.05) is 0 Å². The summed E-state index contributed by atoms with van der Waals surface area (Å²) < 4.78 is 0. The fourth-order valence-corrected chi connectivity index (χ4v) is 0.797. The van der Waals surface area contributed by atoms with Crippen molar-refractivity contribution < 1.29 is 0 Å². The highest BCUT2D eigenvalue weighted by molar-refractivity contribution is 6.31. The van der Waals surface area contributed by atoms with Crippen molar-refractivity contribution >= 4 is 11.6 Å². The van der Waals surface area contributed by atoms with E-state index in [9.17, 15) is 0 Å². The van der Waals surface area contributed by atoms with Crippen LogP contribution in [-0.2, 0) is 6.54 Å². The van der Waals surface area contributed by atoms with E-state index in [1.165, 1.54) is 0 Å². The first-order valence-electron chi connectivity index (χ1n) is 2.69. The zero-order valence-electron chi connectivity index (χ0n) is 4.89. The van der Waals surface area contributed by atoms with Gasteiger partial charge in [0.1, 0.15) is 0 Å². The fraction of sp³-hybridized carbons (Fsp3) is 0.143. The van der Waals surface area contributed by atoms with Crippen molar-refractivity contribution in [2.45, 2.75) is 6.54 Å². The summed E-state index contributed by atoms with van der Waals surface area (Å²) in [6, 6.07) is 8.23. The van der Waals surface area contributed by atoms with Gasteiger partial charge < -0.3 is 5.73 Å². The van der Waals surface area contributed by atoms with Gasteiger partial charge in [0.25, 0.3) is 0 Å². The second-order valence-electron chi connectivity index (χ2n) is 1.72. The molecule has 0 heterocycles. The molecular formula is C7H7ClN. The SMILES string of the molecule is NCc1c[c]ccc1Cl. The van der Waals surface area contributed by atoms with Gasteiger partial charge in [-0.25, -0.2) is 0 Å². The van der Waals surface area contributed by atoms with E-state index in [4.69, 9.17) is 17.3 Å². The van der Waals surface area contributed by atoms with Crippen molar-refractivity contribution in [1.82, 2.24) is 0 Å². The third-order valence-electron chi connectivity index (χ3n) is 1.11. The van der Waals surface area contributed by atoms with E-state index in [-0.39, 0.29) is 0 Å². The average molecular weight is 141 g/mol. The van der Waals surface area contributed by atoms with E-state index >= 15 is 0 Å². The van der Waals surface area contributed by atoms with Crippen molar-refractivity contribution in [3.8, 4) is 0 Å². The van der Waals surface area contributed by atoms with E-state index < -0.39 is 0 Å². The summed E-state index contributed by atoms with van der Waals surface area (Å²) in [5.74, 6) is 0. The van der Waals surface area contributed by atoms with Gasteiger partial charge in [-0.3, -0.25) is 0 Å². The number of rotatable bonds is 1. The van der Waals surface area contributed by atoms with Crippen LogP contribution in [0.5, 0.6) is 0 Å². The van der Waals surface area contributed by atoms with Gasteiger partial charge in [-0.1, -0.05) is 17.7 Å². The summed E-state index contributed by atoms with van der Waals surface area (Å²) in [6.07, 6.45) is 0. The maximum absolute atomic E-state index is 5.72. The molecule has 0 saturated carbocycles. The first-order chi connectivity index (χ1) is 4.34. The summed E-state index contributed by atoms with van der Waals surface area (Å²) in [4.78, 5) is 0. The van der Waals surface area contributed by atoms with Gasteiger partial charge in [-0.2, -0.15) is 0 Å². The van der Waals surface area contributed by atoms with Gasteiger partial charge in [-0.05, 0) is 23.8 Å². The number of halogens is 1. The molecule has 0 unspecified atom stereocenters. The summed E-state index contributed by atoms with van der Waals surface area (Å²) in [7, 11) is 0. The van der Waals surface area contributed by atoms with Crippen molar-refractivity contribution in [2.24, 2.45) is 5.73 Å². The van der Waals surface area contributed by atoms with Crippen molar-refractivity contribution in [2.75, 3.05) is 0 Å². The number of benzene rings is 1. The van der Waals surface area contributed by atoms with E-state index in [0.717, 1.165) is 10.6 Å². The molecule has 0 aliphatic heterocycles. The maximum Gasteiger partial charge on any atom is 0.0451 e. The summed E-state index contributed by atoms with van der Waals surface area (Å²) in [6.45, 7) is 0.482. The third-order valence-corrected chi connectivity index (χ3v) is 1.48. The molecule has 1 radical (unpaired) electrons. The Morgan fingerprint density at radius 2 is 2.44 bits per heavy atom. The molecule has 1 rings (SSSR count). The molecule has 0 spiro atoms. The highest BCUT2D eigenvalue weighted by Crippen LogP contribution is 2.12. The summed E-state index contributed by atoms with van der Waals surface area (Å²) in [5.41, 5.74) is 6.29. The zero-order valence-corrected chi connectivity index (χ0v) is 5.65. The lowest BCUT2D eigenvalue weighted by molar-refractivity contribution is 1.07. The Morgan fingerprint density at radius 3 is 2.89 bits per heavy atom. The van der Waals surface area contributed by atoms with E-state index in [2.05, 4.69) is 6.07 Å². The van der Waals surface area contributed by atoms with Gasteiger partial charge in [0.05, 0.1) is 0 Å². The summed E-state index contributed by atoms with van der Waals surface area (Å²) >= 11 is 5.72. The Bertz CT molecular complexity index is 198. The first kappa shape index (κ1) is 6.59. The van der Waals surface area contributed by atoms with Gasteiger partial charge in [0.2, 0.25) is 0 Å². The van der Waals surface area contributed by atoms with Crippen LogP contribution in [0.2, 0.25) is 5.02 Å². The van der Waals surface area contributed by atoms with Crippen LogP contribution < -0.4 is 5.73 Å². The summed E-state index contributed by atoms with van der Waals surface area (Å²) in [5, 5.41) is 0.719. The molecule has 1 aromatic rings. The second kappa shape index (κ2) is 2.85. The largest absolute Gasteiger partial charge is 0.326 e. The number of hydrogen-bond acceptors (Lipinski definition) is 1. The minimum atomic E-state index is 0.482. The van der Waals surface area contributed by atoms with Crippen molar-refractivity contribution in [1.29, 1.82) is 0 Å². The average Bonchev–Trinajstić information content (AvgIpc) is 1.89. The standard InChI is InChI=1S/C7H7ClN/c8-7-4-2-1-3-6(7)5-9/h2-4H,5,9H2. The molecule has 0 saturated heterocycles. The second-order valence-corrected chi connectivity index (χ2v) is 2.13. The Balaban J connectivity index is 3.01.